The highest BCUT2D eigenvalue weighted by molar-refractivity contribution is 7.50. The van der Waals surface area contributed by atoms with Crippen LogP contribution in [-0.2, 0) is 13.8 Å². The molecule has 4 N–H and O–H groups in total. The van der Waals surface area contributed by atoms with Crippen molar-refractivity contribution >= 4 is 24.6 Å². The highest BCUT2D eigenvalue weighted by Crippen LogP contribution is 2.36. The van der Waals surface area contributed by atoms with Gasteiger partial charge in [0.2, 0.25) is 0 Å². The van der Waals surface area contributed by atoms with Crippen molar-refractivity contribution in [3.63, 3.8) is 0 Å². The molecule has 0 aliphatic carbocycles. The van der Waals surface area contributed by atoms with Gasteiger partial charge in [0, 0.05) is 6.66 Å². The summed E-state index contributed by atoms with van der Waals surface area (Å²) in [5, 5.41) is 20.2. The molecule has 126 valence electrons. The topological polar surface area (TPSA) is 169 Å². The Morgan fingerprint density at radius 2 is 2.17 bits per heavy atom. The number of nitrogens with two attached hydrogens (primary N) is 1. The Kier molecular flexibility index (Phi) is 4.08. The molecule has 3 heterocycles. The Morgan fingerprint density at radius 3 is 2.87 bits per heavy atom. The van der Waals surface area contributed by atoms with Crippen LogP contribution in [0.4, 0.5) is 5.82 Å². The van der Waals surface area contributed by atoms with E-state index in [1.807, 2.05) is 0 Å². The molecular weight excluding hydrogens is 329 g/mol. The minimum absolute atomic E-state index is 0.167. The van der Waals surface area contributed by atoms with E-state index in [0.717, 1.165) is 6.66 Å². The van der Waals surface area contributed by atoms with Gasteiger partial charge in [0.25, 0.3) is 0 Å². The van der Waals surface area contributed by atoms with E-state index in [4.69, 9.17) is 10.5 Å². The third-order valence-corrected chi connectivity index (χ3v) is 4.09. The number of ether oxygens (including phenoxy) is 1. The van der Waals surface area contributed by atoms with Crippen molar-refractivity contribution in [2.75, 3.05) is 19.0 Å². The summed E-state index contributed by atoms with van der Waals surface area (Å²) in [5.41, 5.74) is 6.34. The molecule has 5 atom stereocenters. The van der Waals surface area contributed by atoms with Crippen LogP contribution in [0.1, 0.15) is 6.23 Å². The van der Waals surface area contributed by atoms with Gasteiger partial charge in [-0.2, -0.15) is 0 Å². The molecule has 0 radical (unpaired) electrons. The van der Waals surface area contributed by atoms with Crippen LogP contribution < -0.4 is 10.6 Å². The lowest BCUT2D eigenvalue weighted by Gasteiger charge is -2.21. The molecule has 1 aliphatic heterocycles. The van der Waals surface area contributed by atoms with Crippen molar-refractivity contribution < 1.29 is 28.9 Å². The molecule has 12 heteroatoms. The molecule has 1 unspecified atom stereocenters. The highest BCUT2D eigenvalue weighted by atomic mass is 31.2. The monoisotopic (exact) mass is 344 g/mol. The lowest BCUT2D eigenvalue weighted by Crippen LogP contribution is -2.33. The number of aliphatic hydroxyl groups is 2. The van der Waals surface area contributed by atoms with Crippen LogP contribution in [0.15, 0.2) is 12.7 Å². The second kappa shape index (κ2) is 5.78. The number of fused-ring (bicyclic) bond motifs is 1. The summed E-state index contributed by atoms with van der Waals surface area (Å²) >= 11 is 0. The smallest absolute Gasteiger partial charge is 0.167 e. The van der Waals surface area contributed by atoms with E-state index in [2.05, 4.69) is 19.5 Å². The molecule has 11 nitrogen and oxygen atoms in total. The zero-order valence-electron chi connectivity index (χ0n) is 12.0. The Hall–Kier alpha value is -1.62. The van der Waals surface area contributed by atoms with Crippen molar-refractivity contribution in [3.05, 3.63) is 12.7 Å². The summed E-state index contributed by atoms with van der Waals surface area (Å²) in [6.45, 7) is 0.501. The molecule has 2 aromatic rings. The van der Waals surface area contributed by atoms with Gasteiger partial charge in [-0.05, 0) is 0 Å². The number of imidazole rings is 1. The first-order chi connectivity index (χ1) is 10.8. The van der Waals surface area contributed by atoms with E-state index >= 15 is 0 Å². The van der Waals surface area contributed by atoms with Crippen molar-refractivity contribution in [2.24, 2.45) is 0 Å². The van der Waals surface area contributed by atoms with Crippen LogP contribution >= 0.6 is 7.60 Å². The fourth-order valence-corrected chi connectivity index (χ4v) is 2.78. The number of rotatable bonds is 4. The van der Waals surface area contributed by atoms with E-state index < -0.39 is 38.7 Å². The molecule has 0 bridgehead atoms. The highest BCUT2D eigenvalue weighted by Gasteiger charge is 2.44. The maximum absolute atomic E-state index is 11.1. The largest absolute Gasteiger partial charge is 0.779 e. The second-order valence-corrected chi connectivity index (χ2v) is 7.00. The van der Waals surface area contributed by atoms with Gasteiger partial charge in [0.1, 0.15) is 37.8 Å². The number of anilines is 1. The Labute approximate surface area is 130 Å². The van der Waals surface area contributed by atoms with Crippen molar-refractivity contribution in [1.29, 1.82) is 0 Å². The molecule has 0 saturated carbocycles. The summed E-state index contributed by atoms with van der Waals surface area (Å²) in [5.74, 6) is 0.167. The number of hydrogen-bond donors (Lipinski definition) is 3. The van der Waals surface area contributed by atoms with Crippen LogP contribution in [0.25, 0.3) is 11.2 Å². The summed E-state index contributed by atoms with van der Waals surface area (Å²) in [7, 11) is -3.97. The first-order valence-electron chi connectivity index (χ1n) is 6.65. The van der Waals surface area contributed by atoms with Crippen molar-refractivity contribution in [1.82, 2.24) is 19.5 Å². The predicted octanol–water partition coefficient (Wildman–Crippen LogP) is -1.77. The number of hydrogen-bond acceptors (Lipinski definition) is 10. The Bertz CT molecular complexity index is 762. The van der Waals surface area contributed by atoms with Gasteiger partial charge in [-0.15, -0.1) is 0 Å². The Morgan fingerprint density at radius 1 is 1.43 bits per heavy atom. The number of nitrogens with zero attached hydrogens (tertiary/aromatic N) is 4. The van der Waals surface area contributed by atoms with Gasteiger partial charge in [0.05, 0.1) is 12.9 Å². The average molecular weight is 344 g/mol. The van der Waals surface area contributed by atoms with Gasteiger partial charge >= 0.3 is 0 Å². The first-order valence-corrected chi connectivity index (χ1v) is 8.64. The van der Waals surface area contributed by atoms with Crippen LogP contribution in [0, 0.1) is 0 Å². The Balaban J connectivity index is 1.85. The summed E-state index contributed by atoms with van der Waals surface area (Å²) < 4.78 is 22.6. The van der Waals surface area contributed by atoms with Gasteiger partial charge < -0.3 is 34.7 Å². The van der Waals surface area contributed by atoms with Crippen molar-refractivity contribution in [2.45, 2.75) is 24.5 Å². The molecule has 1 fully saturated rings. The molecule has 1 aliphatic rings. The quantitative estimate of drug-likeness (QED) is 0.539. The van der Waals surface area contributed by atoms with Crippen LogP contribution in [0.2, 0.25) is 0 Å². The fourth-order valence-electron chi connectivity index (χ4n) is 2.36. The normalized spacial score (nSPS) is 30.6. The third kappa shape index (κ3) is 3.07. The van der Waals surface area contributed by atoms with Crippen LogP contribution in [0.3, 0.4) is 0 Å². The van der Waals surface area contributed by atoms with Gasteiger partial charge in [-0.1, -0.05) is 0 Å². The fraction of sp³-hybridized carbons (Fsp3) is 0.545. The molecule has 23 heavy (non-hydrogen) atoms. The molecule has 0 spiro atoms. The predicted molar refractivity (Wildman–Crippen MR) is 75.1 cm³/mol. The maximum Gasteiger partial charge on any atom is 0.167 e. The van der Waals surface area contributed by atoms with Crippen molar-refractivity contribution in [3.8, 4) is 0 Å². The third-order valence-electron chi connectivity index (χ3n) is 3.47. The van der Waals surface area contributed by atoms with E-state index in [-0.39, 0.29) is 5.82 Å². The van der Waals surface area contributed by atoms with Gasteiger partial charge in [0.15, 0.2) is 17.7 Å². The SMILES string of the molecule is CP(=O)([O-])OC[C@H]1O[C@@H](n2cnc3c(N)ncnc32)[C@H](O)[C@@H]1O. The second-order valence-electron chi connectivity index (χ2n) is 5.20. The van der Waals surface area contributed by atoms with E-state index in [0.29, 0.717) is 11.2 Å². The molecular formula is C11H15N5O6P-. The summed E-state index contributed by atoms with van der Waals surface area (Å²) in [4.78, 5) is 22.9. The maximum atomic E-state index is 11.1. The minimum atomic E-state index is -3.97. The molecule has 2 aromatic heterocycles. The van der Waals surface area contributed by atoms with Crippen LogP contribution in [-0.4, -0.2) is 61.3 Å². The molecule has 0 aromatic carbocycles. The number of aliphatic hydroxyl groups excluding tert-OH is 2. The molecule has 1 saturated heterocycles. The summed E-state index contributed by atoms with van der Waals surface area (Å²) in [6, 6.07) is 0. The first kappa shape index (κ1) is 16.2. The number of aromatic nitrogens is 4. The minimum Gasteiger partial charge on any atom is -0.779 e. The zero-order valence-corrected chi connectivity index (χ0v) is 12.9. The number of nitrogen functional groups attached to an aromatic ring is 1. The van der Waals surface area contributed by atoms with Crippen LogP contribution in [0.5, 0.6) is 0 Å². The lowest BCUT2D eigenvalue weighted by molar-refractivity contribution is -0.199. The van der Waals surface area contributed by atoms with Gasteiger partial charge in [-0.3, -0.25) is 4.57 Å². The lowest BCUT2D eigenvalue weighted by atomic mass is 10.1. The average Bonchev–Trinajstić information content (AvgIpc) is 3.01. The molecule has 0 amide bonds. The van der Waals surface area contributed by atoms with E-state index in [9.17, 15) is 19.7 Å². The van der Waals surface area contributed by atoms with E-state index in [1.165, 1.54) is 17.2 Å². The molecule has 3 rings (SSSR count). The van der Waals surface area contributed by atoms with E-state index in [1.54, 1.807) is 0 Å². The zero-order chi connectivity index (χ0) is 16.8. The summed E-state index contributed by atoms with van der Waals surface area (Å²) in [6.07, 6.45) is -2.10. The standard InChI is InChI=1S/C11H16N5O6P/c1-23(19,20)21-2-5-7(17)8(18)11(22-5)16-4-15-6-9(12)13-3-14-10(6)16/h3-5,7-8,11,17-18H,2H2,1H3,(H,19,20)(H2,12,13,14)/p-1/t5-,7-,8-,11-/m1/s1. The van der Waals surface area contributed by atoms with Gasteiger partial charge in [-0.25, -0.2) is 15.0 Å².